The van der Waals surface area contributed by atoms with E-state index in [1.165, 1.54) is 4.90 Å². The maximum atomic E-state index is 13.1. The van der Waals surface area contributed by atoms with E-state index in [0.29, 0.717) is 11.3 Å². The Balaban J connectivity index is 1.95. The molecule has 1 aliphatic heterocycles. The summed E-state index contributed by atoms with van der Waals surface area (Å²) in [5.74, 6) is -1.48. The van der Waals surface area contributed by atoms with Crippen molar-refractivity contribution in [1.82, 2.24) is 0 Å². The lowest BCUT2D eigenvalue weighted by Crippen LogP contribution is -2.29. The lowest BCUT2D eigenvalue weighted by atomic mass is 9.95. The van der Waals surface area contributed by atoms with Gasteiger partial charge >= 0.3 is 0 Å². The molecule has 1 saturated heterocycles. The molecule has 1 unspecified atom stereocenters. The Bertz CT molecular complexity index is 1120. The first-order valence-corrected chi connectivity index (χ1v) is 9.47. The van der Waals surface area contributed by atoms with Crippen LogP contribution in [-0.4, -0.2) is 16.8 Å². The number of hydrogen-bond acceptors (Lipinski definition) is 3. The molecule has 144 valence electrons. The highest BCUT2D eigenvalue weighted by Gasteiger charge is 2.46. The molecule has 1 aliphatic rings. The Kier molecular flexibility index (Phi) is 4.77. The number of anilines is 1. The van der Waals surface area contributed by atoms with Gasteiger partial charge in [0.25, 0.3) is 11.7 Å². The smallest absolute Gasteiger partial charge is 0.300 e. The van der Waals surface area contributed by atoms with Gasteiger partial charge in [0.2, 0.25) is 0 Å². The van der Waals surface area contributed by atoms with Crippen molar-refractivity contribution in [2.24, 2.45) is 0 Å². The summed E-state index contributed by atoms with van der Waals surface area (Å²) >= 11 is 0. The molecule has 4 rings (SSSR count). The van der Waals surface area contributed by atoms with Crippen LogP contribution in [0.5, 0.6) is 0 Å². The van der Waals surface area contributed by atoms with Crippen molar-refractivity contribution >= 4 is 23.1 Å². The molecule has 0 spiro atoms. The molecule has 4 heteroatoms. The molecule has 0 radical (unpaired) electrons. The predicted molar refractivity (Wildman–Crippen MR) is 114 cm³/mol. The first-order chi connectivity index (χ1) is 14.0. The molecule has 0 saturated carbocycles. The average Bonchev–Trinajstić information content (AvgIpc) is 3.02. The number of hydrogen-bond donors (Lipinski definition) is 1. The standard InChI is InChI=1S/C25H21NO3/c1-16-13-14-20(15-17(16)2)26-22(18-9-5-3-6-10-18)21(24(28)25(26)29)23(27)19-11-7-4-8-12-19/h3-15,22,27H,1-2H3/b23-21+. The fourth-order valence-corrected chi connectivity index (χ4v) is 3.68. The quantitative estimate of drug-likeness (QED) is 0.396. The maximum absolute atomic E-state index is 13.1. The zero-order chi connectivity index (χ0) is 20.5. The van der Waals surface area contributed by atoms with E-state index in [0.717, 1.165) is 16.7 Å². The van der Waals surface area contributed by atoms with Gasteiger partial charge < -0.3 is 5.11 Å². The summed E-state index contributed by atoms with van der Waals surface area (Å²) in [6.45, 7) is 3.97. The van der Waals surface area contributed by atoms with Gasteiger partial charge in [-0.3, -0.25) is 14.5 Å². The minimum atomic E-state index is -0.696. The zero-order valence-electron chi connectivity index (χ0n) is 16.3. The van der Waals surface area contributed by atoms with Gasteiger partial charge in [0.15, 0.2) is 0 Å². The van der Waals surface area contributed by atoms with Crippen LogP contribution in [0.2, 0.25) is 0 Å². The molecular formula is C25H21NO3. The monoisotopic (exact) mass is 383 g/mol. The number of nitrogens with zero attached hydrogens (tertiary/aromatic N) is 1. The minimum Gasteiger partial charge on any atom is -0.507 e. The fraction of sp³-hybridized carbons (Fsp3) is 0.120. The highest BCUT2D eigenvalue weighted by atomic mass is 16.3. The lowest BCUT2D eigenvalue weighted by molar-refractivity contribution is -0.132. The Morgan fingerprint density at radius 1 is 0.828 bits per heavy atom. The third-order valence-corrected chi connectivity index (χ3v) is 5.38. The molecule has 3 aromatic carbocycles. The Hall–Kier alpha value is -3.66. The molecule has 4 nitrogen and oxygen atoms in total. The fourth-order valence-electron chi connectivity index (χ4n) is 3.68. The third-order valence-electron chi connectivity index (χ3n) is 5.38. The van der Waals surface area contributed by atoms with Crippen molar-refractivity contribution in [3.05, 3.63) is 107 Å². The van der Waals surface area contributed by atoms with Gasteiger partial charge in [-0.15, -0.1) is 0 Å². The van der Waals surface area contributed by atoms with Gasteiger partial charge in [0.05, 0.1) is 11.6 Å². The highest BCUT2D eigenvalue weighted by molar-refractivity contribution is 6.51. The van der Waals surface area contributed by atoms with Crippen molar-refractivity contribution in [2.45, 2.75) is 19.9 Å². The summed E-state index contributed by atoms with van der Waals surface area (Å²) in [5.41, 5.74) is 4.14. The van der Waals surface area contributed by atoms with Gasteiger partial charge in [-0.05, 0) is 42.7 Å². The van der Waals surface area contributed by atoms with E-state index in [4.69, 9.17) is 0 Å². The van der Waals surface area contributed by atoms with Crippen molar-refractivity contribution in [1.29, 1.82) is 0 Å². The summed E-state index contributed by atoms with van der Waals surface area (Å²) in [4.78, 5) is 27.6. The average molecular weight is 383 g/mol. The van der Waals surface area contributed by atoms with Crippen molar-refractivity contribution in [3.8, 4) is 0 Å². The van der Waals surface area contributed by atoms with E-state index < -0.39 is 17.7 Å². The lowest BCUT2D eigenvalue weighted by Gasteiger charge is -2.26. The van der Waals surface area contributed by atoms with E-state index in [1.54, 1.807) is 24.3 Å². The number of ketones is 1. The number of aryl methyl sites for hydroxylation is 2. The van der Waals surface area contributed by atoms with E-state index in [2.05, 4.69) is 0 Å². The maximum Gasteiger partial charge on any atom is 0.300 e. The van der Waals surface area contributed by atoms with Gasteiger partial charge in [-0.2, -0.15) is 0 Å². The third kappa shape index (κ3) is 3.23. The van der Waals surface area contributed by atoms with E-state index in [-0.39, 0.29) is 11.3 Å². The number of carbonyl (C=O) groups excluding carboxylic acids is 2. The van der Waals surface area contributed by atoms with Crippen LogP contribution >= 0.6 is 0 Å². The SMILES string of the molecule is Cc1ccc(N2C(=O)C(=O)/C(=C(/O)c3ccccc3)C2c2ccccc2)cc1C. The molecule has 1 heterocycles. The van der Waals surface area contributed by atoms with E-state index in [1.807, 2.05) is 68.4 Å². The second-order valence-electron chi connectivity index (χ2n) is 7.21. The second kappa shape index (κ2) is 7.40. The number of rotatable bonds is 3. The molecule has 1 amide bonds. The Morgan fingerprint density at radius 3 is 2.07 bits per heavy atom. The van der Waals surface area contributed by atoms with Crippen LogP contribution in [0.25, 0.3) is 5.76 Å². The number of carbonyl (C=O) groups is 2. The van der Waals surface area contributed by atoms with Crippen LogP contribution in [0, 0.1) is 13.8 Å². The molecular weight excluding hydrogens is 362 g/mol. The molecule has 0 aromatic heterocycles. The van der Waals surface area contributed by atoms with Gasteiger partial charge in [0.1, 0.15) is 5.76 Å². The molecule has 3 aromatic rings. The summed E-state index contributed by atoms with van der Waals surface area (Å²) in [6.07, 6.45) is 0. The number of aliphatic hydroxyl groups is 1. The van der Waals surface area contributed by atoms with Gasteiger partial charge in [0, 0.05) is 11.3 Å². The molecule has 0 aliphatic carbocycles. The van der Waals surface area contributed by atoms with Crippen molar-refractivity contribution < 1.29 is 14.7 Å². The van der Waals surface area contributed by atoms with Gasteiger partial charge in [-0.25, -0.2) is 0 Å². The molecule has 29 heavy (non-hydrogen) atoms. The Labute approximate surface area is 169 Å². The molecule has 1 atom stereocenters. The molecule has 1 N–H and O–H groups in total. The normalized spacial score (nSPS) is 18.3. The van der Waals surface area contributed by atoms with Crippen LogP contribution in [-0.2, 0) is 9.59 Å². The number of amides is 1. The van der Waals surface area contributed by atoms with E-state index >= 15 is 0 Å². The first-order valence-electron chi connectivity index (χ1n) is 9.47. The largest absolute Gasteiger partial charge is 0.507 e. The summed E-state index contributed by atoms with van der Waals surface area (Å²) in [7, 11) is 0. The van der Waals surface area contributed by atoms with Crippen LogP contribution in [0.15, 0.2) is 84.4 Å². The van der Waals surface area contributed by atoms with Crippen LogP contribution < -0.4 is 4.90 Å². The highest BCUT2D eigenvalue weighted by Crippen LogP contribution is 2.42. The van der Waals surface area contributed by atoms with Crippen molar-refractivity contribution in [3.63, 3.8) is 0 Å². The summed E-state index contributed by atoms with van der Waals surface area (Å²) < 4.78 is 0. The topological polar surface area (TPSA) is 57.6 Å². The predicted octanol–water partition coefficient (Wildman–Crippen LogP) is 4.93. The Morgan fingerprint density at radius 2 is 1.45 bits per heavy atom. The number of benzene rings is 3. The summed E-state index contributed by atoms with van der Waals surface area (Å²) in [6, 6.07) is 23.1. The molecule has 1 fully saturated rings. The van der Waals surface area contributed by atoms with Crippen molar-refractivity contribution in [2.75, 3.05) is 4.90 Å². The number of Topliss-reactive ketones (excluding diaryl/α,β-unsaturated/α-hetero) is 1. The first kappa shape index (κ1) is 18.7. The van der Waals surface area contributed by atoms with Crippen LogP contribution in [0.3, 0.4) is 0 Å². The molecule has 0 bridgehead atoms. The second-order valence-corrected chi connectivity index (χ2v) is 7.21. The van der Waals surface area contributed by atoms with Crippen LogP contribution in [0.1, 0.15) is 28.3 Å². The van der Waals surface area contributed by atoms with Crippen LogP contribution in [0.4, 0.5) is 5.69 Å². The minimum absolute atomic E-state index is 0.102. The number of aliphatic hydroxyl groups excluding tert-OH is 1. The zero-order valence-corrected chi connectivity index (χ0v) is 16.3. The summed E-state index contributed by atoms with van der Waals surface area (Å²) in [5, 5.41) is 11.0. The van der Waals surface area contributed by atoms with E-state index in [9.17, 15) is 14.7 Å². The van der Waals surface area contributed by atoms with Gasteiger partial charge in [-0.1, -0.05) is 66.7 Å².